The van der Waals surface area contributed by atoms with Crippen LogP contribution in [0.25, 0.3) is 0 Å². The van der Waals surface area contributed by atoms with Crippen molar-refractivity contribution in [2.45, 2.75) is 13.0 Å². The molecule has 0 saturated heterocycles. The Morgan fingerprint density at radius 2 is 2.09 bits per heavy atom. The average Bonchev–Trinajstić information content (AvgIpc) is 1.85. The molecule has 11 heavy (non-hydrogen) atoms. The van der Waals surface area contributed by atoms with Crippen LogP contribution in [0.4, 0.5) is 4.79 Å². The molecule has 0 aliphatic carbocycles. The lowest BCUT2D eigenvalue weighted by Crippen LogP contribution is -2.43. The van der Waals surface area contributed by atoms with E-state index in [0.29, 0.717) is 0 Å². The SMILES string of the molecule is CNC(=O)N[C@H](C)CN(C)C. The summed E-state index contributed by atoms with van der Waals surface area (Å²) in [5.41, 5.74) is 0. The highest BCUT2D eigenvalue weighted by molar-refractivity contribution is 5.73. The van der Waals surface area contributed by atoms with E-state index in [1.165, 1.54) is 0 Å². The molecular weight excluding hydrogens is 142 g/mol. The summed E-state index contributed by atoms with van der Waals surface area (Å²) >= 11 is 0. The first kappa shape index (κ1) is 10.2. The number of hydrogen-bond donors (Lipinski definition) is 2. The summed E-state index contributed by atoms with van der Waals surface area (Å²) in [4.78, 5) is 12.8. The third kappa shape index (κ3) is 5.66. The Morgan fingerprint density at radius 3 is 2.45 bits per heavy atom. The van der Waals surface area contributed by atoms with Gasteiger partial charge in [-0.25, -0.2) is 4.79 Å². The van der Waals surface area contributed by atoms with Gasteiger partial charge in [-0.3, -0.25) is 0 Å². The Hall–Kier alpha value is -0.770. The van der Waals surface area contributed by atoms with Crippen LogP contribution in [0.2, 0.25) is 0 Å². The maximum atomic E-state index is 10.8. The first-order valence-corrected chi connectivity index (χ1v) is 3.69. The van der Waals surface area contributed by atoms with Gasteiger partial charge in [0, 0.05) is 19.6 Å². The van der Waals surface area contributed by atoms with Gasteiger partial charge in [0.2, 0.25) is 0 Å². The fourth-order valence-corrected chi connectivity index (χ4v) is 0.889. The molecule has 2 amide bonds. The van der Waals surface area contributed by atoms with Crippen LogP contribution in [-0.2, 0) is 0 Å². The molecule has 0 saturated carbocycles. The molecule has 2 N–H and O–H groups in total. The van der Waals surface area contributed by atoms with Crippen molar-refractivity contribution in [2.24, 2.45) is 0 Å². The second kappa shape index (κ2) is 4.96. The Morgan fingerprint density at radius 1 is 1.55 bits per heavy atom. The number of hydrogen-bond acceptors (Lipinski definition) is 2. The molecule has 0 radical (unpaired) electrons. The Labute approximate surface area is 67.9 Å². The van der Waals surface area contributed by atoms with E-state index in [9.17, 15) is 4.79 Å². The zero-order valence-corrected chi connectivity index (χ0v) is 7.64. The van der Waals surface area contributed by atoms with Crippen LogP contribution in [-0.4, -0.2) is 44.7 Å². The van der Waals surface area contributed by atoms with E-state index in [1.807, 2.05) is 25.9 Å². The summed E-state index contributed by atoms with van der Waals surface area (Å²) in [5.74, 6) is 0. The van der Waals surface area contributed by atoms with Crippen molar-refractivity contribution < 1.29 is 4.79 Å². The molecule has 0 aliphatic rings. The molecule has 0 spiro atoms. The minimum absolute atomic E-state index is 0.126. The molecule has 4 nitrogen and oxygen atoms in total. The molecule has 4 heteroatoms. The molecule has 0 heterocycles. The van der Waals surface area contributed by atoms with Crippen LogP contribution in [0.3, 0.4) is 0 Å². The van der Waals surface area contributed by atoms with E-state index >= 15 is 0 Å². The van der Waals surface area contributed by atoms with Gasteiger partial charge in [0.15, 0.2) is 0 Å². The van der Waals surface area contributed by atoms with Crippen molar-refractivity contribution in [3.8, 4) is 0 Å². The normalized spacial score (nSPS) is 12.8. The maximum absolute atomic E-state index is 10.8. The van der Waals surface area contributed by atoms with E-state index < -0.39 is 0 Å². The summed E-state index contributed by atoms with van der Waals surface area (Å²) < 4.78 is 0. The molecule has 0 fully saturated rings. The maximum Gasteiger partial charge on any atom is 0.314 e. The lowest BCUT2D eigenvalue weighted by atomic mass is 10.3. The van der Waals surface area contributed by atoms with Crippen molar-refractivity contribution in [3.05, 3.63) is 0 Å². The van der Waals surface area contributed by atoms with Gasteiger partial charge in [-0.15, -0.1) is 0 Å². The van der Waals surface area contributed by atoms with E-state index in [-0.39, 0.29) is 12.1 Å². The minimum atomic E-state index is -0.126. The second-order valence-corrected chi connectivity index (χ2v) is 2.89. The lowest BCUT2D eigenvalue weighted by Gasteiger charge is -2.17. The number of amides is 2. The quantitative estimate of drug-likeness (QED) is 0.602. The fraction of sp³-hybridized carbons (Fsp3) is 0.857. The largest absolute Gasteiger partial charge is 0.341 e. The predicted molar refractivity (Wildman–Crippen MR) is 45.6 cm³/mol. The first-order valence-electron chi connectivity index (χ1n) is 3.69. The van der Waals surface area contributed by atoms with Crippen molar-refractivity contribution in [3.63, 3.8) is 0 Å². The van der Waals surface area contributed by atoms with E-state index in [2.05, 4.69) is 10.6 Å². The van der Waals surface area contributed by atoms with Gasteiger partial charge >= 0.3 is 6.03 Å². The van der Waals surface area contributed by atoms with Gasteiger partial charge in [-0.05, 0) is 21.0 Å². The Kier molecular flexibility index (Phi) is 4.61. The third-order valence-electron chi connectivity index (χ3n) is 1.24. The minimum Gasteiger partial charge on any atom is -0.341 e. The van der Waals surface area contributed by atoms with Gasteiger partial charge in [0.1, 0.15) is 0 Å². The van der Waals surface area contributed by atoms with E-state index in [4.69, 9.17) is 0 Å². The molecule has 0 aromatic carbocycles. The van der Waals surface area contributed by atoms with Gasteiger partial charge in [0.25, 0.3) is 0 Å². The summed E-state index contributed by atoms with van der Waals surface area (Å²) in [6.45, 7) is 2.82. The molecule has 0 aromatic rings. The first-order chi connectivity index (χ1) is 5.06. The van der Waals surface area contributed by atoms with Crippen LogP contribution in [0, 0.1) is 0 Å². The number of nitrogens with zero attached hydrogens (tertiary/aromatic N) is 1. The number of likely N-dealkylation sites (N-methyl/N-ethyl adjacent to an activating group) is 1. The molecule has 0 bridgehead atoms. The molecule has 0 unspecified atom stereocenters. The molecule has 0 aliphatic heterocycles. The third-order valence-corrected chi connectivity index (χ3v) is 1.24. The number of rotatable bonds is 3. The molecule has 1 atom stereocenters. The highest BCUT2D eigenvalue weighted by Crippen LogP contribution is 1.83. The highest BCUT2D eigenvalue weighted by Gasteiger charge is 2.04. The predicted octanol–water partition coefficient (Wildman–Crippen LogP) is -0.134. The monoisotopic (exact) mass is 159 g/mol. The summed E-state index contributed by atoms with van der Waals surface area (Å²) in [7, 11) is 5.56. The smallest absolute Gasteiger partial charge is 0.314 e. The summed E-state index contributed by atoms with van der Waals surface area (Å²) in [6.07, 6.45) is 0. The Balaban J connectivity index is 3.51. The van der Waals surface area contributed by atoms with Crippen molar-refractivity contribution >= 4 is 6.03 Å². The van der Waals surface area contributed by atoms with Gasteiger partial charge < -0.3 is 15.5 Å². The van der Waals surface area contributed by atoms with Crippen LogP contribution in [0.1, 0.15) is 6.92 Å². The lowest BCUT2D eigenvalue weighted by molar-refractivity contribution is 0.236. The molecular formula is C7H17N3O. The zero-order valence-electron chi connectivity index (χ0n) is 7.64. The van der Waals surface area contributed by atoms with Crippen LogP contribution in [0.15, 0.2) is 0 Å². The average molecular weight is 159 g/mol. The van der Waals surface area contributed by atoms with Crippen molar-refractivity contribution in [1.29, 1.82) is 0 Å². The van der Waals surface area contributed by atoms with Crippen LogP contribution >= 0.6 is 0 Å². The van der Waals surface area contributed by atoms with Crippen molar-refractivity contribution in [1.82, 2.24) is 15.5 Å². The fourth-order valence-electron chi connectivity index (χ4n) is 0.889. The van der Waals surface area contributed by atoms with Crippen LogP contribution in [0.5, 0.6) is 0 Å². The van der Waals surface area contributed by atoms with Gasteiger partial charge in [-0.1, -0.05) is 0 Å². The summed E-state index contributed by atoms with van der Waals surface area (Å²) in [6, 6.07) is 0.0595. The molecule has 0 rings (SSSR count). The standard InChI is InChI=1S/C7H17N3O/c1-6(5-10(3)4)9-7(11)8-2/h6H,5H2,1-4H3,(H2,8,9,11)/t6-/m1/s1. The number of nitrogens with one attached hydrogen (secondary N) is 2. The van der Waals surface area contributed by atoms with Crippen LogP contribution < -0.4 is 10.6 Å². The van der Waals surface area contributed by atoms with Crippen molar-refractivity contribution in [2.75, 3.05) is 27.7 Å². The summed E-state index contributed by atoms with van der Waals surface area (Å²) in [5, 5.41) is 5.27. The number of carbonyl (C=O) groups excluding carboxylic acids is 1. The topological polar surface area (TPSA) is 44.4 Å². The highest BCUT2D eigenvalue weighted by atomic mass is 16.2. The zero-order chi connectivity index (χ0) is 8.85. The van der Waals surface area contributed by atoms with Gasteiger partial charge in [-0.2, -0.15) is 0 Å². The second-order valence-electron chi connectivity index (χ2n) is 2.89. The molecule has 66 valence electrons. The number of carbonyl (C=O) groups is 1. The number of urea groups is 1. The van der Waals surface area contributed by atoms with E-state index in [0.717, 1.165) is 6.54 Å². The Bertz CT molecular complexity index is 125. The van der Waals surface area contributed by atoms with Gasteiger partial charge in [0.05, 0.1) is 0 Å². The molecule has 0 aromatic heterocycles. The van der Waals surface area contributed by atoms with E-state index in [1.54, 1.807) is 7.05 Å².